The van der Waals surface area contributed by atoms with E-state index >= 15 is 0 Å². The number of hydrogen-bond acceptors (Lipinski definition) is 3. The maximum Gasteiger partial charge on any atom is 0.237 e. The number of aliphatic hydroxyl groups is 1. The zero-order valence-electron chi connectivity index (χ0n) is 8.55. The number of carbonyl (C=O) groups excluding carboxylic acids is 1. The van der Waals surface area contributed by atoms with E-state index < -0.39 is 0 Å². The third-order valence-electron chi connectivity index (χ3n) is 3.22. The zero-order valence-corrected chi connectivity index (χ0v) is 8.55. The number of hydrogen-bond donors (Lipinski definition) is 3. The Bertz CT molecular complexity index is 238. The fraction of sp³-hybridized carbons (Fsp3) is 0.900. The molecule has 3 N–H and O–H groups in total. The van der Waals surface area contributed by atoms with Crippen LogP contribution in [0.4, 0.5) is 0 Å². The summed E-state index contributed by atoms with van der Waals surface area (Å²) in [6.45, 7) is 3.50. The van der Waals surface area contributed by atoms with E-state index in [2.05, 4.69) is 17.6 Å². The highest BCUT2D eigenvalue weighted by atomic mass is 16.3. The van der Waals surface area contributed by atoms with Crippen LogP contribution in [0.2, 0.25) is 0 Å². The standard InChI is InChI=1S/C10H18N2O2/c1-10(2-3-10)6-12-9(14)8-4-7(13)5-11-8/h7-8,11,13H,2-6H2,1H3,(H,12,14). The van der Waals surface area contributed by atoms with Gasteiger partial charge in [0.25, 0.3) is 0 Å². The molecule has 80 valence electrons. The number of aliphatic hydroxyl groups excluding tert-OH is 1. The van der Waals surface area contributed by atoms with Crippen LogP contribution in [0.15, 0.2) is 0 Å². The highest BCUT2D eigenvalue weighted by Gasteiger charge is 2.38. The van der Waals surface area contributed by atoms with Gasteiger partial charge < -0.3 is 15.7 Å². The summed E-state index contributed by atoms with van der Waals surface area (Å²) in [5.74, 6) is 0.0367. The van der Waals surface area contributed by atoms with Crippen LogP contribution >= 0.6 is 0 Å². The molecule has 0 aromatic carbocycles. The van der Waals surface area contributed by atoms with Crippen LogP contribution in [0.1, 0.15) is 26.2 Å². The van der Waals surface area contributed by atoms with Gasteiger partial charge in [0.2, 0.25) is 5.91 Å². The van der Waals surface area contributed by atoms with Crippen molar-refractivity contribution < 1.29 is 9.90 Å². The van der Waals surface area contributed by atoms with Crippen molar-refractivity contribution in [1.29, 1.82) is 0 Å². The molecule has 4 heteroatoms. The number of β-amino-alcohol motifs (C(OH)–C–C–N with tert-alkyl or cyclic N) is 1. The van der Waals surface area contributed by atoms with Crippen molar-refractivity contribution in [2.24, 2.45) is 5.41 Å². The van der Waals surface area contributed by atoms with E-state index in [1.807, 2.05) is 0 Å². The van der Waals surface area contributed by atoms with Crippen LogP contribution in [0.25, 0.3) is 0 Å². The molecule has 0 radical (unpaired) electrons. The number of rotatable bonds is 3. The van der Waals surface area contributed by atoms with Crippen molar-refractivity contribution in [2.45, 2.75) is 38.3 Å². The van der Waals surface area contributed by atoms with E-state index in [4.69, 9.17) is 0 Å². The first kappa shape index (κ1) is 9.93. The Morgan fingerprint density at radius 3 is 2.86 bits per heavy atom. The summed E-state index contributed by atoms with van der Waals surface area (Å²) < 4.78 is 0. The lowest BCUT2D eigenvalue weighted by molar-refractivity contribution is -0.123. The second-order valence-corrected chi connectivity index (χ2v) is 4.88. The van der Waals surface area contributed by atoms with Gasteiger partial charge in [-0.3, -0.25) is 4.79 Å². The van der Waals surface area contributed by atoms with Gasteiger partial charge in [-0.15, -0.1) is 0 Å². The molecular weight excluding hydrogens is 180 g/mol. The van der Waals surface area contributed by atoms with Crippen molar-refractivity contribution >= 4 is 5.91 Å². The molecule has 0 aromatic rings. The molecular formula is C10H18N2O2. The molecule has 2 rings (SSSR count). The SMILES string of the molecule is CC1(CNC(=O)C2CC(O)CN2)CC1. The number of carbonyl (C=O) groups is 1. The highest BCUT2D eigenvalue weighted by molar-refractivity contribution is 5.82. The van der Waals surface area contributed by atoms with Gasteiger partial charge >= 0.3 is 0 Å². The highest BCUT2D eigenvalue weighted by Crippen LogP contribution is 2.44. The molecule has 2 aliphatic rings. The number of amides is 1. The molecule has 1 aliphatic heterocycles. The lowest BCUT2D eigenvalue weighted by atomic mass is 10.1. The zero-order chi connectivity index (χ0) is 10.2. The molecule has 1 aliphatic carbocycles. The minimum Gasteiger partial charge on any atom is -0.392 e. The quantitative estimate of drug-likeness (QED) is 0.579. The number of nitrogens with one attached hydrogen (secondary N) is 2. The molecule has 14 heavy (non-hydrogen) atoms. The van der Waals surface area contributed by atoms with Gasteiger partial charge in [-0.25, -0.2) is 0 Å². The molecule has 1 saturated carbocycles. The van der Waals surface area contributed by atoms with Gasteiger partial charge in [0.15, 0.2) is 0 Å². The van der Waals surface area contributed by atoms with Gasteiger partial charge in [0.1, 0.15) is 0 Å². The van der Waals surface area contributed by atoms with Crippen molar-refractivity contribution in [1.82, 2.24) is 10.6 Å². The van der Waals surface area contributed by atoms with Crippen molar-refractivity contribution in [3.63, 3.8) is 0 Å². The predicted octanol–water partition coefficient (Wildman–Crippen LogP) is -0.374. The molecule has 1 saturated heterocycles. The first-order chi connectivity index (χ1) is 6.59. The average Bonchev–Trinajstić information content (AvgIpc) is 2.71. The Morgan fingerprint density at radius 1 is 1.64 bits per heavy atom. The Morgan fingerprint density at radius 2 is 2.36 bits per heavy atom. The van der Waals surface area contributed by atoms with E-state index in [0.29, 0.717) is 18.4 Å². The monoisotopic (exact) mass is 198 g/mol. The van der Waals surface area contributed by atoms with E-state index in [1.54, 1.807) is 0 Å². The largest absolute Gasteiger partial charge is 0.392 e. The molecule has 1 amide bonds. The van der Waals surface area contributed by atoms with Crippen LogP contribution in [-0.4, -0.2) is 36.2 Å². The fourth-order valence-electron chi connectivity index (χ4n) is 1.73. The first-order valence-electron chi connectivity index (χ1n) is 5.28. The van der Waals surface area contributed by atoms with Crippen molar-refractivity contribution in [2.75, 3.05) is 13.1 Å². The fourth-order valence-corrected chi connectivity index (χ4v) is 1.73. The molecule has 2 fully saturated rings. The second-order valence-electron chi connectivity index (χ2n) is 4.88. The van der Waals surface area contributed by atoms with E-state index in [9.17, 15) is 9.90 Å². The van der Waals surface area contributed by atoms with Crippen LogP contribution in [0.3, 0.4) is 0 Å². The summed E-state index contributed by atoms with van der Waals surface area (Å²) in [5.41, 5.74) is 0.354. The van der Waals surface area contributed by atoms with Crippen molar-refractivity contribution in [3.05, 3.63) is 0 Å². The van der Waals surface area contributed by atoms with Gasteiger partial charge in [-0.1, -0.05) is 6.92 Å². The van der Waals surface area contributed by atoms with Crippen LogP contribution in [-0.2, 0) is 4.79 Å². The summed E-state index contributed by atoms with van der Waals surface area (Å²) in [6.07, 6.45) is 2.62. The van der Waals surface area contributed by atoms with Gasteiger partial charge in [-0.05, 0) is 24.7 Å². The Hall–Kier alpha value is -0.610. The molecule has 2 atom stereocenters. The average molecular weight is 198 g/mol. The van der Waals surface area contributed by atoms with Gasteiger partial charge in [0, 0.05) is 13.1 Å². The molecule has 0 aromatic heterocycles. The summed E-state index contributed by atoms with van der Waals surface area (Å²) >= 11 is 0. The minimum absolute atomic E-state index is 0.0367. The van der Waals surface area contributed by atoms with E-state index in [0.717, 1.165) is 6.54 Å². The second kappa shape index (κ2) is 3.51. The lowest BCUT2D eigenvalue weighted by Crippen LogP contribution is -2.42. The summed E-state index contributed by atoms with van der Waals surface area (Å²) in [5, 5.41) is 15.2. The topological polar surface area (TPSA) is 61.4 Å². The smallest absolute Gasteiger partial charge is 0.237 e. The van der Waals surface area contributed by atoms with Gasteiger partial charge in [0.05, 0.1) is 12.1 Å². The van der Waals surface area contributed by atoms with E-state index in [1.165, 1.54) is 12.8 Å². The molecule has 0 bridgehead atoms. The molecule has 4 nitrogen and oxygen atoms in total. The molecule has 0 spiro atoms. The maximum atomic E-state index is 11.6. The van der Waals surface area contributed by atoms with Crippen LogP contribution < -0.4 is 10.6 Å². The molecule has 2 unspecified atom stereocenters. The summed E-state index contributed by atoms with van der Waals surface area (Å²) in [4.78, 5) is 11.6. The molecule has 1 heterocycles. The maximum absolute atomic E-state index is 11.6. The first-order valence-corrected chi connectivity index (χ1v) is 5.28. The summed E-state index contributed by atoms with van der Waals surface area (Å²) in [6, 6.07) is -0.188. The summed E-state index contributed by atoms with van der Waals surface area (Å²) in [7, 11) is 0. The Kier molecular flexibility index (Phi) is 2.49. The Labute approximate surface area is 84.1 Å². The Balaban J connectivity index is 1.72. The minimum atomic E-state index is -0.359. The van der Waals surface area contributed by atoms with E-state index in [-0.39, 0.29) is 18.1 Å². The third-order valence-corrected chi connectivity index (χ3v) is 3.22. The normalized spacial score (nSPS) is 34.1. The van der Waals surface area contributed by atoms with Gasteiger partial charge in [-0.2, -0.15) is 0 Å². The van der Waals surface area contributed by atoms with Crippen LogP contribution in [0, 0.1) is 5.41 Å². The predicted molar refractivity (Wildman–Crippen MR) is 52.8 cm³/mol. The lowest BCUT2D eigenvalue weighted by Gasteiger charge is -2.13. The third kappa shape index (κ3) is 2.25. The van der Waals surface area contributed by atoms with Crippen LogP contribution in [0.5, 0.6) is 0 Å². The van der Waals surface area contributed by atoms with Crippen molar-refractivity contribution in [3.8, 4) is 0 Å².